The van der Waals surface area contributed by atoms with Crippen LogP contribution in [0.25, 0.3) is 6.08 Å². The van der Waals surface area contributed by atoms with Gasteiger partial charge in [-0.15, -0.1) is 0 Å². The van der Waals surface area contributed by atoms with Gasteiger partial charge in [-0.2, -0.15) is 0 Å². The number of likely N-dealkylation sites (tertiary alicyclic amines) is 1. The summed E-state index contributed by atoms with van der Waals surface area (Å²) in [4.78, 5) is 43.7. The van der Waals surface area contributed by atoms with Crippen molar-refractivity contribution in [3.8, 4) is 0 Å². The largest absolute Gasteiger partial charge is 0.516 e. The fraction of sp³-hybridized carbons (Fsp3) is 0.412. The molecule has 1 saturated heterocycles. The number of benzene rings is 2. The second kappa shape index (κ2) is 14.1. The standard InChI is InChI=1S/C34H39N3O5/c1-2-41-34(40)42-33(39)20-29-16-27(18-30-13-14-32(38)37(30)23-26-11-7-4-8-12-26)15-28(17-29)19-31-21-35-24-36(31)22-25-9-5-3-6-10-25/h3-12,19,21,24,27,29-30H,2,13-18,20,22-23H2,1H3/b28-19+/t27-,29-,30-/m0/s1. The molecule has 8 heteroatoms. The first-order valence-corrected chi connectivity index (χ1v) is 14.9. The number of ether oxygens (including phenoxy) is 2. The minimum absolute atomic E-state index is 0.0297. The van der Waals surface area contributed by atoms with Crippen LogP contribution in [0.3, 0.4) is 0 Å². The maximum absolute atomic E-state index is 12.9. The molecule has 1 amide bonds. The number of allylic oxidation sites excluding steroid dienone is 1. The summed E-state index contributed by atoms with van der Waals surface area (Å²) in [5.41, 5.74) is 4.59. The summed E-state index contributed by atoms with van der Waals surface area (Å²) >= 11 is 0. The molecule has 2 fully saturated rings. The van der Waals surface area contributed by atoms with Gasteiger partial charge in [0.05, 0.1) is 24.8 Å². The SMILES string of the molecule is CCOC(=O)OC(=O)C[C@@H]1C/C(=C/c2cncn2Cc2ccccc2)C[C@H](C[C@@H]2CCC(=O)N2Cc2ccccc2)C1. The van der Waals surface area contributed by atoms with Gasteiger partial charge in [-0.3, -0.25) is 9.59 Å². The molecule has 0 radical (unpaired) electrons. The zero-order valence-electron chi connectivity index (χ0n) is 24.2. The van der Waals surface area contributed by atoms with Crippen molar-refractivity contribution in [2.45, 2.75) is 71.0 Å². The lowest BCUT2D eigenvalue weighted by Crippen LogP contribution is -2.35. The number of carbonyl (C=O) groups is 3. The van der Waals surface area contributed by atoms with Crippen molar-refractivity contribution < 1.29 is 23.9 Å². The molecule has 0 spiro atoms. The molecule has 8 nitrogen and oxygen atoms in total. The Morgan fingerprint density at radius 1 is 0.976 bits per heavy atom. The highest BCUT2D eigenvalue weighted by molar-refractivity contribution is 5.82. The van der Waals surface area contributed by atoms with E-state index in [0.29, 0.717) is 18.9 Å². The minimum atomic E-state index is -0.948. The van der Waals surface area contributed by atoms with Gasteiger partial charge in [-0.1, -0.05) is 66.2 Å². The Labute approximate surface area is 247 Å². The number of nitrogens with zero attached hydrogens (tertiary/aromatic N) is 3. The van der Waals surface area contributed by atoms with Crippen molar-refractivity contribution in [2.75, 3.05) is 6.61 Å². The fourth-order valence-electron chi connectivity index (χ4n) is 6.43. The van der Waals surface area contributed by atoms with E-state index < -0.39 is 12.1 Å². The zero-order chi connectivity index (χ0) is 29.3. The van der Waals surface area contributed by atoms with Crippen LogP contribution >= 0.6 is 0 Å². The van der Waals surface area contributed by atoms with Crippen molar-refractivity contribution in [1.82, 2.24) is 14.5 Å². The minimum Gasteiger partial charge on any atom is -0.434 e. The third-order valence-electron chi connectivity index (χ3n) is 8.23. The van der Waals surface area contributed by atoms with Crippen LogP contribution in [-0.2, 0) is 32.2 Å². The summed E-state index contributed by atoms with van der Waals surface area (Å²) in [6.45, 7) is 3.16. The van der Waals surface area contributed by atoms with Crippen LogP contribution in [0.4, 0.5) is 4.79 Å². The van der Waals surface area contributed by atoms with E-state index >= 15 is 0 Å². The first kappa shape index (κ1) is 29.3. The third kappa shape index (κ3) is 7.96. The summed E-state index contributed by atoms with van der Waals surface area (Å²) in [5, 5.41) is 0. The number of carbonyl (C=O) groups excluding carboxylic acids is 3. The second-order valence-corrected chi connectivity index (χ2v) is 11.4. The number of rotatable bonds is 10. The van der Waals surface area contributed by atoms with Crippen LogP contribution in [0.5, 0.6) is 0 Å². The van der Waals surface area contributed by atoms with E-state index in [1.54, 1.807) is 6.92 Å². The number of hydrogen-bond acceptors (Lipinski definition) is 6. The van der Waals surface area contributed by atoms with Crippen molar-refractivity contribution in [3.05, 3.63) is 95.6 Å². The molecule has 2 aliphatic rings. The first-order chi connectivity index (χ1) is 20.5. The zero-order valence-corrected chi connectivity index (χ0v) is 24.2. The normalized spacial score (nSPS) is 21.5. The molecule has 1 aliphatic heterocycles. The summed E-state index contributed by atoms with van der Waals surface area (Å²) < 4.78 is 11.8. The van der Waals surface area contributed by atoms with Gasteiger partial charge in [0.1, 0.15) is 0 Å². The Morgan fingerprint density at radius 2 is 1.67 bits per heavy atom. The van der Waals surface area contributed by atoms with Gasteiger partial charge in [0.25, 0.3) is 0 Å². The molecule has 1 aromatic heterocycles. The van der Waals surface area contributed by atoms with E-state index in [4.69, 9.17) is 9.47 Å². The molecule has 2 heterocycles. The van der Waals surface area contributed by atoms with Crippen molar-refractivity contribution in [1.29, 1.82) is 0 Å². The molecule has 1 saturated carbocycles. The number of aromatic nitrogens is 2. The van der Waals surface area contributed by atoms with Crippen LogP contribution < -0.4 is 0 Å². The number of esters is 1. The fourth-order valence-corrected chi connectivity index (χ4v) is 6.43. The van der Waals surface area contributed by atoms with Crippen LogP contribution in [0, 0.1) is 11.8 Å². The molecular formula is C34H39N3O5. The van der Waals surface area contributed by atoms with E-state index in [9.17, 15) is 14.4 Å². The van der Waals surface area contributed by atoms with Crippen LogP contribution in [0.2, 0.25) is 0 Å². The van der Waals surface area contributed by atoms with Crippen molar-refractivity contribution in [3.63, 3.8) is 0 Å². The number of imidazole rings is 1. The highest BCUT2D eigenvalue weighted by Gasteiger charge is 2.35. The highest BCUT2D eigenvalue weighted by atomic mass is 16.7. The molecule has 2 aromatic carbocycles. The van der Waals surface area contributed by atoms with Crippen LogP contribution in [-0.4, -0.2) is 45.1 Å². The lowest BCUT2D eigenvalue weighted by atomic mass is 9.74. The average Bonchev–Trinajstić information content (AvgIpc) is 3.55. The predicted octanol–water partition coefficient (Wildman–Crippen LogP) is 6.40. The molecule has 0 N–H and O–H groups in total. The van der Waals surface area contributed by atoms with E-state index in [1.165, 1.54) is 11.1 Å². The topological polar surface area (TPSA) is 90.7 Å². The number of amides is 1. The molecule has 1 aliphatic carbocycles. The molecule has 5 rings (SSSR count). The predicted molar refractivity (Wildman–Crippen MR) is 159 cm³/mol. The molecule has 220 valence electrons. The molecule has 3 atom stereocenters. The Hall–Kier alpha value is -4.20. The molecular weight excluding hydrogens is 530 g/mol. The molecule has 0 bridgehead atoms. The van der Waals surface area contributed by atoms with Crippen LogP contribution in [0.1, 0.15) is 68.7 Å². The van der Waals surface area contributed by atoms with Crippen LogP contribution in [0.15, 0.2) is 78.8 Å². The van der Waals surface area contributed by atoms with E-state index in [-0.39, 0.29) is 30.9 Å². The quantitative estimate of drug-likeness (QED) is 0.207. The van der Waals surface area contributed by atoms with E-state index in [1.807, 2.05) is 53.8 Å². The van der Waals surface area contributed by atoms with Crippen molar-refractivity contribution >= 4 is 24.1 Å². The van der Waals surface area contributed by atoms with Gasteiger partial charge in [0.2, 0.25) is 5.91 Å². The second-order valence-electron chi connectivity index (χ2n) is 11.4. The number of hydrogen-bond donors (Lipinski definition) is 0. The summed E-state index contributed by atoms with van der Waals surface area (Å²) in [5.74, 6) is -0.0312. The van der Waals surface area contributed by atoms with Crippen molar-refractivity contribution in [2.24, 2.45) is 11.8 Å². The molecule has 42 heavy (non-hydrogen) atoms. The maximum atomic E-state index is 12.9. The monoisotopic (exact) mass is 569 g/mol. The van der Waals surface area contributed by atoms with Gasteiger partial charge in [0, 0.05) is 32.0 Å². The smallest absolute Gasteiger partial charge is 0.434 e. The lowest BCUT2D eigenvalue weighted by Gasteiger charge is -2.34. The Balaban J connectivity index is 1.32. The molecule has 3 aromatic rings. The van der Waals surface area contributed by atoms with Gasteiger partial charge >= 0.3 is 12.1 Å². The first-order valence-electron chi connectivity index (χ1n) is 14.9. The summed E-state index contributed by atoms with van der Waals surface area (Å²) in [6, 6.07) is 20.6. The van der Waals surface area contributed by atoms with Gasteiger partial charge in [-0.25, -0.2) is 9.78 Å². The average molecular weight is 570 g/mol. The maximum Gasteiger partial charge on any atom is 0.516 e. The van der Waals surface area contributed by atoms with E-state index in [0.717, 1.165) is 49.9 Å². The van der Waals surface area contributed by atoms with E-state index in [2.05, 4.69) is 39.9 Å². The van der Waals surface area contributed by atoms with Gasteiger partial charge < -0.3 is 18.9 Å². The Morgan fingerprint density at radius 3 is 2.38 bits per heavy atom. The van der Waals surface area contributed by atoms with Gasteiger partial charge in [-0.05, 0) is 68.1 Å². The molecule has 0 unspecified atom stereocenters. The summed E-state index contributed by atoms with van der Waals surface area (Å²) in [7, 11) is 0. The van der Waals surface area contributed by atoms with Gasteiger partial charge in [0.15, 0.2) is 0 Å². The lowest BCUT2D eigenvalue weighted by molar-refractivity contribution is -0.141. The Kier molecular flexibility index (Phi) is 9.85. The Bertz CT molecular complexity index is 1380. The summed E-state index contributed by atoms with van der Waals surface area (Å²) in [6.07, 6.45) is 9.89. The third-order valence-corrected chi connectivity index (χ3v) is 8.23. The highest BCUT2D eigenvalue weighted by Crippen LogP contribution is 2.40.